The van der Waals surface area contributed by atoms with E-state index in [1.807, 2.05) is 6.07 Å². The lowest BCUT2D eigenvalue weighted by molar-refractivity contribution is -0.122. The third-order valence-electron chi connectivity index (χ3n) is 4.27. The van der Waals surface area contributed by atoms with E-state index in [0.717, 1.165) is 30.4 Å². The molecular weight excluding hydrogens is 304 g/mol. The molecule has 1 aromatic rings. The molecule has 0 spiro atoms. The minimum absolute atomic E-state index is 0.0262. The van der Waals surface area contributed by atoms with Crippen LogP contribution >= 0.6 is 15.9 Å². The van der Waals surface area contributed by atoms with E-state index in [-0.39, 0.29) is 17.4 Å². The number of carbonyl (C=O) groups is 1. The third-order valence-corrected chi connectivity index (χ3v) is 4.76. The number of benzene rings is 1. The molecule has 1 amide bonds. The van der Waals surface area contributed by atoms with Crippen LogP contribution in [-0.2, 0) is 10.2 Å². The Morgan fingerprint density at radius 1 is 1.47 bits per heavy atom. The second-order valence-electron chi connectivity index (χ2n) is 5.66. The van der Waals surface area contributed by atoms with Gasteiger partial charge in [-0.2, -0.15) is 0 Å². The van der Waals surface area contributed by atoms with Gasteiger partial charge in [0.2, 0.25) is 5.91 Å². The van der Waals surface area contributed by atoms with Gasteiger partial charge in [-0.15, -0.1) is 0 Å². The Morgan fingerprint density at radius 3 is 2.95 bits per heavy atom. The van der Waals surface area contributed by atoms with E-state index >= 15 is 0 Å². The van der Waals surface area contributed by atoms with Crippen LogP contribution in [0.1, 0.15) is 31.2 Å². The van der Waals surface area contributed by atoms with Gasteiger partial charge in [0.15, 0.2) is 0 Å². The van der Waals surface area contributed by atoms with Gasteiger partial charge in [0.25, 0.3) is 0 Å². The Morgan fingerprint density at radius 2 is 2.32 bits per heavy atom. The second kappa shape index (κ2) is 5.25. The molecule has 1 aromatic carbocycles. The highest BCUT2D eigenvalue weighted by molar-refractivity contribution is 9.10. The van der Waals surface area contributed by atoms with Crippen molar-refractivity contribution in [2.45, 2.75) is 37.1 Å². The van der Waals surface area contributed by atoms with E-state index in [0.29, 0.717) is 0 Å². The number of rotatable bonds is 4. The van der Waals surface area contributed by atoms with Crippen LogP contribution in [-0.4, -0.2) is 25.0 Å². The van der Waals surface area contributed by atoms with Crippen LogP contribution in [0.25, 0.3) is 0 Å². The molecule has 19 heavy (non-hydrogen) atoms. The summed E-state index contributed by atoms with van der Waals surface area (Å²) in [6.07, 6.45) is 4.41. The minimum Gasteiger partial charge on any atom is -0.354 e. The Hall–Kier alpha value is -0.870. The number of nitrogens with one attached hydrogen (secondary N) is 2. The molecule has 1 unspecified atom stereocenters. The molecule has 2 aliphatic rings. The lowest BCUT2D eigenvalue weighted by Gasteiger charge is -2.18. The van der Waals surface area contributed by atoms with Gasteiger partial charge in [-0.1, -0.05) is 28.1 Å². The van der Waals surface area contributed by atoms with Gasteiger partial charge < -0.3 is 10.6 Å². The molecule has 0 radical (unpaired) electrons. The van der Waals surface area contributed by atoms with E-state index in [1.54, 1.807) is 0 Å². The highest BCUT2D eigenvalue weighted by Gasteiger charge is 2.44. The van der Waals surface area contributed by atoms with Gasteiger partial charge in [-0.25, -0.2) is 0 Å². The molecule has 0 bridgehead atoms. The first-order valence-corrected chi connectivity index (χ1v) is 7.76. The third kappa shape index (κ3) is 2.84. The first kappa shape index (κ1) is 13.1. The monoisotopic (exact) mass is 322 g/mol. The van der Waals surface area contributed by atoms with Crippen molar-refractivity contribution in [2.75, 3.05) is 13.1 Å². The highest BCUT2D eigenvalue weighted by Crippen LogP contribution is 2.48. The summed E-state index contributed by atoms with van der Waals surface area (Å²) in [4.78, 5) is 12.0. The van der Waals surface area contributed by atoms with Crippen molar-refractivity contribution in [3.8, 4) is 0 Å². The normalized spacial score (nSPS) is 24.2. The standard InChI is InChI=1S/C15H19BrN2O/c16-12-4-1-3-11(9-12)15(6-7-15)10-18-14(19)13-5-2-8-17-13/h1,3-4,9,13,17H,2,5-8,10H2,(H,18,19). The summed E-state index contributed by atoms with van der Waals surface area (Å²) in [6.45, 7) is 1.73. The lowest BCUT2D eigenvalue weighted by Crippen LogP contribution is -2.43. The first-order valence-electron chi connectivity index (χ1n) is 6.97. The molecule has 4 heteroatoms. The van der Waals surface area contributed by atoms with Crippen molar-refractivity contribution in [2.24, 2.45) is 0 Å². The van der Waals surface area contributed by atoms with Gasteiger partial charge in [0.05, 0.1) is 6.04 Å². The highest BCUT2D eigenvalue weighted by atomic mass is 79.9. The summed E-state index contributed by atoms with van der Waals surface area (Å²) in [7, 11) is 0. The van der Waals surface area contributed by atoms with E-state index in [1.165, 1.54) is 18.4 Å². The van der Waals surface area contributed by atoms with Gasteiger partial charge in [-0.3, -0.25) is 4.79 Å². The summed E-state index contributed by atoms with van der Waals surface area (Å²) in [5.74, 6) is 0.166. The van der Waals surface area contributed by atoms with Crippen LogP contribution in [0.4, 0.5) is 0 Å². The van der Waals surface area contributed by atoms with Crippen LogP contribution in [0, 0.1) is 0 Å². The molecular formula is C15H19BrN2O. The fourth-order valence-electron chi connectivity index (χ4n) is 2.82. The van der Waals surface area contributed by atoms with Crippen molar-refractivity contribution in [1.82, 2.24) is 10.6 Å². The van der Waals surface area contributed by atoms with Crippen LogP contribution in [0.3, 0.4) is 0 Å². The molecule has 1 heterocycles. The zero-order valence-corrected chi connectivity index (χ0v) is 12.5. The summed E-state index contributed by atoms with van der Waals surface area (Å²) in [5.41, 5.74) is 1.51. The van der Waals surface area contributed by atoms with E-state index in [9.17, 15) is 4.79 Å². The molecule has 0 aromatic heterocycles. The fraction of sp³-hybridized carbons (Fsp3) is 0.533. The maximum absolute atomic E-state index is 12.0. The maximum atomic E-state index is 12.0. The van der Waals surface area contributed by atoms with Gasteiger partial charge in [0, 0.05) is 16.4 Å². The largest absolute Gasteiger partial charge is 0.354 e. The number of carbonyl (C=O) groups excluding carboxylic acids is 1. The fourth-order valence-corrected chi connectivity index (χ4v) is 3.22. The van der Waals surface area contributed by atoms with Crippen molar-refractivity contribution >= 4 is 21.8 Å². The molecule has 102 valence electrons. The molecule has 3 nitrogen and oxygen atoms in total. The lowest BCUT2D eigenvalue weighted by atomic mass is 9.96. The molecule has 2 N–H and O–H groups in total. The Kier molecular flexibility index (Phi) is 3.63. The zero-order chi connectivity index (χ0) is 13.3. The smallest absolute Gasteiger partial charge is 0.237 e. The predicted octanol–water partition coefficient (Wildman–Crippen LogP) is 2.35. The maximum Gasteiger partial charge on any atom is 0.237 e. The van der Waals surface area contributed by atoms with Crippen molar-refractivity contribution in [3.63, 3.8) is 0 Å². The summed E-state index contributed by atoms with van der Waals surface area (Å²) in [5, 5.41) is 6.37. The van der Waals surface area contributed by atoms with Crippen LogP contribution in [0.2, 0.25) is 0 Å². The molecule has 1 atom stereocenters. The van der Waals surface area contributed by atoms with Crippen LogP contribution < -0.4 is 10.6 Å². The topological polar surface area (TPSA) is 41.1 Å². The SMILES string of the molecule is O=C(NCC1(c2cccc(Br)c2)CC1)C1CCCN1. The molecule has 1 saturated heterocycles. The quantitative estimate of drug-likeness (QED) is 0.893. The average Bonchev–Trinajstić information content (AvgIpc) is 3.00. The number of amides is 1. The van der Waals surface area contributed by atoms with Gasteiger partial charge in [0.1, 0.15) is 0 Å². The zero-order valence-electron chi connectivity index (χ0n) is 10.9. The Bertz CT molecular complexity index is 479. The number of halogens is 1. The van der Waals surface area contributed by atoms with Crippen molar-refractivity contribution < 1.29 is 4.79 Å². The Balaban J connectivity index is 1.61. The summed E-state index contributed by atoms with van der Waals surface area (Å²) >= 11 is 3.52. The Labute approximate surface area is 122 Å². The summed E-state index contributed by atoms with van der Waals surface area (Å²) < 4.78 is 1.11. The van der Waals surface area contributed by atoms with E-state index < -0.39 is 0 Å². The first-order chi connectivity index (χ1) is 9.20. The molecule has 2 fully saturated rings. The molecule has 1 aliphatic carbocycles. The van der Waals surface area contributed by atoms with Crippen LogP contribution in [0.15, 0.2) is 28.7 Å². The molecule has 1 saturated carbocycles. The van der Waals surface area contributed by atoms with Gasteiger partial charge >= 0.3 is 0 Å². The number of hydrogen-bond acceptors (Lipinski definition) is 2. The van der Waals surface area contributed by atoms with Crippen molar-refractivity contribution in [1.29, 1.82) is 0 Å². The van der Waals surface area contributed by atoms with Crippen LogP contribution in [0.5, 0.6) is 0 Å². The molecule has 3 rings (SSSR count). The minimum atomic E-state index is 0.0262. The molecule has 1 aliphatic heterocycles. The summed E-state index contributed by atoms with van der Waals surface area (Å²) in [6, 6.07) is 8.48. The second-order valence-corrected chi connectivity index (χ2v) is 6.57. The van der Waals surface area contributed by atoms with Crippen molar-refractivity contribution in [3.05, 3.63) is 34.3 Å². The average molecular weight is 323 g/mol. The number of hydrogen-bond donors (Lipinski definition) is 2. The van der Waals surface area contributed by atoms with E-state index in [4.69, 9.17) is 0 Å². The van der Waals surface area contributed by atoms with Gasteiger partial charge in [-0.05, 0) is 49.9 Å². The predicted molar refractivity (Wildman–Crippen MR) is 79.1 cm³/mol. The van der Waals surface area contributed by atoms with E-state index in [2.05, 4.69) is 44.8 Å².